The van der Waals surface area contributed by atoms with Crippen LogP contribution >= 0.6 is 12.4 Å². The third-order valence-corrected chi connectivity index (χ3v) is 5.99. The van der Waals surface area contributed by atoms with Crippen molar-refractivity contribution >= 4 is 42.9 Å². The molecule has 0 saturated heterocycles. The Labute approximate surface area is 167 Å². The summed E-state index contributed by atoms with van der Waals surface area (Å²) in [5.41, 5.74) is 0.964. The van der Waals surface area contributed by atoms with Crippen LogP contribution in [0.5, 0.6) is 0 Å². The van der Waals surface area contributed by atoms with Crippen LogP contribution in [0.25, 0.3) is 11.4 Å². The molecule has 0 aliphatic heterocycles. The van der Waals surface area contributed by atoms with Crippen LogP contribution in [-0.2, 0) is 0 Å². The van der Waals surface area contributed by atoms with Crippen molar-refractivity contribution in [3.05, 3.63) is 66.4 Å². The molecule has 27 heavy (non-hydrogen) atoms. The van der Waals surface area contributed by atoms with Gasteiger partial charge in [-0.15, -0.1) is 12.4 Å². The number of carbonyl (C=O) groups excluding carboxylic acids is 1. The fourth-order valence-corrected chi connectivity index (χ4v) is 4.22. The minimum absolute atomic E-state index is 0. The number of amides is 1. The fraction of sp³-hybridized carbons (Fsp3) is 0.111. The van der Waals surface area contributed by atoms with Crippen molar-refractivity contribution in [2.45, 2.75) is 0 Å². The number of nitrogens with one attached hydrogen (secondary N) is 1. The second-order valence-corrected chi connectivity index (χ2v) is 8.00. The number of hydrogen-bond donors (Lipinski definition) is 1. The molecular weight excluding hydrogens is 437 g/mol. The van der Waals surface area contributed by atoms with Crippen LogP contribution in [0.4, 0.5) is 8.78 Å². The van der Waals surface area contributed by atoms with Crippen LogP contribution < -0.4 is 14.1 Å². The Balaban J connectivity index is 0.00000261. The molecule has 140 valence electrons. The van der Waals surface area contributed by atoms with E-state index in [1.54, 1.807) is 42.9 Å². The Bertz CT molecular complexity index is 915. The number of hydrogen-bond acceptors (Lipinski definition) is 4. The quantitative estimate of drug-likeness (QED) is 0.571. The molecular formula is C18H16AsClF2N4O. The molecule has 0 aliphatic carbocycles. The molecule has 1 amide bonds. The van der Waals surface area contributed by atoms with Crippen LogP contribution in [0.1, 0.15) is 10.4 Å². The maximum absolute atomic E-state index is 14.4. The molecule has 2 heterocycles. The molecule has 0 aliphatic rings. The fourth-order valence-electron chi connectivity index (χ4n) is 2.22. The summed E-state index contributed by atoms with van der Waals surface area (Å²) in [6, 6.07) is 9.73. The van der Waals surface area contributed by atoms with Gasteiger partial charge in [-0.1, -0.05) is 0 Å². The molecule has 1 aromatic carbocycles. The van der Waals surface area contributed by atoms with Crippen LogP contribution in [-0.4, -0.2) is 49.8 Å². The Morgan fingerprint density at radius 1 is 1.19 bits per heavy atom. The van der Waals surface area contributed by atoms with Gasteiger partial charge in [-0.25, -0.2) is 0 Å². The summed E-state index contributed by atoms with van der Waals surface area (Å²) in [5.74, 6) is -0.407. The molecule has 0 bridgehead atoms. The molecule has 2 aromatic heterocycles. The van der Waals surface area contributed by atoms with Crippen molar-refractivity contribution in [1.29, 1.82) is 0 Å². The molecule has 0 saturated carbocycles. The molecule has 3 rings (SSSR count). The number of benzene rings is 1. The predicted octanol–water partition coefficient (Wildman–Crippen LogP) is 1.19. The van der Waals surface area contributed by atoms with Gasteiger partial charge in [0.1, 0.15) is 0 Å². The van der Waals surface area contributed by atoms with Crippen LogP contribution in [0.2, 0.25) is 0 Å². The molecule has 5 nitrogen and oxygen atoms in total. The van der Waals surface area contributed by atoms with E-state index in [4.69, 9.17) is 0 Å². The number of pyridine rings is 1. The van der Waals surface area contributed by atoms with E-state index in [-0.39, 0.29) is 24.5 Å². The van der Waals surface area contributed by atoms with E-state index in [0.29, 0.717) is 10.2 Å². The van der Waals surface area contributed by atoms with Gasteiger partial charge in [0.25, 0.3) is 0 Å². The van der Waals surface area contributed by atoms with Crippen molar-refractivity contribution in [3.63, 3.8) is 0 Å². The first-order chi connectivity index (χ1) is 12.7. The number of rotatable bonds is 6. The summed E-state index contributed by atoms with van der Waals surface area (Å²) in [6.45, 7) is -0.750. The Morgan fingerprint density at radius 3 is 2.74 bits per heavy atom. The Hall–Kier alpha value is -2.37. The van der Waals surface area contributed by atoms with Gasteiger partial charge in [-0.05, 0) is 0 Å². The number of carbonyl (C=O) groups is 1. The first-order valence-electron chi connectivity index (χ1n) is 7.81. The topological polar surface area (TPSA) is 67.8 Å². The van der Waals surface area contributed by atoms with E-state index >= 15 is 0 Å². The van der Waals surface area contributed by atoms with Crippen molar-refractivity contribution in [2.75, 3.05) is 13.2 Å². The molecule has 0 fully saturated rings. The second-order valence-electron chi connectivity index (χ2n) is 5.27. The standard InChI is InChI=1S/C18H15AsF2N4O.ClH/c20-6-9-24-18(26)12-3-4-14(15(21)10-12)19-16-5-8-23-17(25-16)13-2-1-7-22-11-13;/h1-5,7-8,10-11,19H,6,9H2,(H,24,26);1H. The average Bonchev–Trinajstić information content (AvgIpc) is 2.68. The summed E-state index contributed by atoms with van der Waals surface area (Å²) >= 11 is -1.04. The maximum atomic E-state index is 14.4. The zero-order valence-electron chi connectivity index (χ0n) is 14.0. The Morgan fingerprint density at radius 2 is 2.04 bits per heavy atom. The summed E-state index contributed by atoms with van der Waals surface area (Å²) in [7, 11) is 0. The number of aromatic nitrogens is 3. The first kappa shape index (κ1) is 20.9. The summed E-state index contributed by atoms with van der Waals surface area (Å²) < 4.78 is 27.8. The van der Waals surface area contributed by atoms with E-state index in [1.807, 2.05) is 6.07 Å². The summed E-state index contributed by atoms with van der Waals surface area (Å²) in [4.78, 5) is 24.5. The van der Waals surface area contributed by atoms with Gasteiger partial charge in [0.05, 0.1) is 0 Å². The van der Waals surface area contributed by atoms with Crippen LogP contribution in [0.15, 0.2) is 55.0 Å². The zero-order chi connectivity index (χ0) is 18.4. The van der Waals surface area contributed by atoms with E-state index in [1.165, 1.54) is 6.07 Å². The van der Waals surface area contributed by atoms with Crippen molar-refractivity contribution in [2.24, 2.45) is 0 Å². The van der Waals surface area contributed by atoms with Crippen molar-refractivity contribution in [3.8, 4) is 11.4 Å². The predicted molar refractivity (Wildman–Crippen MR) is 104 cm³/mol. The minimum atomic E-state index is -1.04. The number of halogens is 3. The third kappa shape index (κ3) is 5.55. The van der Waals surface area contributed by atoms with Gasteiger partial charge in [0.15, 0.2) is 0 Å². The number of nitrogens with zero attached hydrogens (tertiary/aromatic N) is 3. The monoisotopic (exact) mass is 452 g/mol. The first-order valence-corrected chi connectivity index (χ1v) is 9.91. The van der Waals surface area contributed by atoms with E-state index in [0.717, 1.165) is 10.0 Å². The Kier molecular flexibility index (Phi) is 7.82. The van der Waals surface area contributed by atoms with Gasteiger partial charge in [0.2, 0.25) is 0 Å². The molecule has 1 N–H and O–H groups in total. The SMILES string of the molecule is Cl.O=C(NCCF)c1ccc([AsH]c2ccnc(-c3cccnc3)n2)c(F)c1. The molecule has 0 radical (unpaired) electrons. The van der Waals surface area contributed by atoms with Gasteiger partial charge in [0, 0.05) is 0 Å². The normalized spacial score (nSPS) is 10.6. The van der Waals surface area contributed by atoms with E-state index in [2.05, 4.69) is 20.3 Å². The molecule has 0 spiro atoms. The van der Waals surface area contributed by atoms with Gasteiger partial charge in [-0.3, -0.25) is 0 Å². The van der Waals surface area contributed by atoms with E-state index < -0.39 is 34.2 Å². The molecule has 1 atom stereocenters. The summed E-state index contributed by atoms with van der Waals surface area (Å²) in [6.07, 6.45) is 4.98. The third-order valence-electron chi connectivity index (χ3n) is 3.45. The van der Waals surface area contributed by atoms with Gasteiger partial charge >= 0.3 is 155 Å². The molecule has 3 aromatic rings. The van der Waals surface area contributed by atoms with Gasteiger partial charge < -0.3 is 0 Å². The van der Waals surface area contributed by atoms with Crippen LogP contribution in [0.3, 0.4) is 0 Å². The molecule has 9 heteroatoms. The zero-order valence-corrected chi connectivity index (χ0v) is 16.9. The summed E-state index contributed by atoms with van der Waals surface area (Å²) in [5, 5.41) is 2.37. The van der Waals surface area contributed by atoms with Crippen LogP contribution in [0, 0.1) is 5.82 Å². The van der Waals surface area contributed by atoms with Gasteiger partial charge in [-0.2, -0.15) is 0 Å². The number of alkyl halides is 1. The molecule has 1 unspecified atom stereocenters. The van der Waals surface area contributed by atoms with E-state index in [9.17, 15) is 13.6 Å². The van der Waals surface area contributed by atoms with Crippen molar-refractivity contribution in [1.82, 2.24) is 20.3 Å². The van der Waals surface area contributed by atoms with Crippen molar-refractivity contribution < 1.29 is 13.6 Å². The average molecular weight is 453 g/mol. The second kappa shape index (κ2) is 10.1.